The van der Waals surface area contributed by atoms with Gasteiger partial charge in [0.1, 0.15) is 12.7 Å². The van der Waals surface area contributed by atoms with Gasteiger partial charge in [0.25, 0.3) is 0 Å². The van der Waals surface area contributed by atoms with Crippen molar-refractivity contribution in [3.63, 3.8) is 0 Å². The van der Waals surface area contributed by atoms with Crippen LogP contribution < -0.4 is 0 Å². The molecular weight excluding hydrogens is 488 g/mol. The highest BCUT2D eigenvalue weighted by atomic mass is 15.3. The van der Waals surface area contributed by atoms with E-state index in [0.29, 0.717) is 10.8 Å². The molecular formula is C36H52N4. The molecule has 3 aromatic rings. The van der Waals surface area contributed by atoms with Gasteiger partial charge < -0.3 is 4.98 Å². The van der Waals surface area contributed by atoms with Crippen molar-refractivity contribution in [2.75, 3.05) is 0 Å². The Morgan fingerprint density at radius 2 is 1.85 bits per heavy atom. The number of fused-ring (bicyclic) bond motifs is 8. The summed E-state index contributed by atoms with van der Waals surface area (Å²) in [7, 11) is 0. The van der Waals surface area contributed by atoms with Gasteiger partial charge in [0.15, 0.2) is 0 Å². The van der Waals surface area contributed by atoms with E-state index in [-0.39, 0.29) is 0 Å². The van der Waals surface area contributed by atoms with Crippen molar-refractivity contribution in [3.8, 4) is 0 Å². The van der Waals surface area contributed by atoms with Gasteiger partial charge in [-0.05, 0) is 127 Å². The monoisotopic (exact) mass is 540 g/mol. The summed E-state index contributed by atoms with van der Waals surface area (Å²) in [5.74, 6) is 6.33. The molecule has 2 heterocycles. The molecule has 4 nitrogen and oxygen atoms in total. The van der Waals surface area contributed by atoms with Crippen LogP contribution in [0, 0.1) is 52.3 Å². The maximum absolute atomic E-state index is 4.34. The molecule has 0 radical (unpaired) electrons. The number of rotatable bonds is 7. The first-order valence-electron chi connectivity index (χ1n) is 16.7. The summed E-state index contributed by atoms with van der Waals surface area (Å²) in [5, 5.41) is 5.81. The summed E-state index contributed by atoms with van der Waals surface area (Å²) >= 11 is 0. The Kier molecular flexibility index (Phi) is 6.71. The van der Waals surface area contributed by atoms with Gasteiger partial charge in [0.05, 0.1) is 6.54 Å². The molecule has 4 heteroatoms. The third-order valence-corrected chi connectivity index (χ3v) is 13.1. The molecule has 0 bridgehead atoms. The number of aromatic amines is 1. The summed E-state index contributed by atoms with van der Waals surface area (Å²) in [6.07, 6.45) is 19.1. The Hall–Kier alpha value is -2.10. The van der Waals surface area contributed by atoms with Crippen LogP contribution in [0.2, 0.25) is 0 Å². The zero-order valence-electron chi connectivity index (χ0n) is 25.8. The lowest BCUT2D eigenvalue weighted by molar-refractivity contribution is -0.103. The number of hydrogen-bond acceptors (Lipinski definition) is 2. The third-order valence-electron chi connectivity index (χ3n) is 13.1. The number of H-pyrrole nitrogens is 1. The maximum atomic E-state index is 4.34. The molecule has 0 saturated heterocycles. The van der Waals surface area contributed by atoms with Gasteiger partial charge >= 0.3 is 0 Å². The highest BCUT2D eigenvalue weighted by Crippen LogP contribution is 2.68. The minimum absolute atomic E-state index is 0.440. The van der Waals surface area contributed by atoms with E-state index in [1.54, 1.807) is 11.9 Å². The van der Waals surface area contributed by atoms with Crippen molar-refractivity contribution in [1.82, 2.24) is 19.7 Å². The van der Waals surface area contributed by atoms with E-state index in [9.17, 15) is 0 Å². The first-order valence-corrected chi connectivity index (χ1v) is 16.7. The molecule has 3 saturated carbocycles. The van der Waals surface area contributed by atoms with Crippen molar-refractivity contribution in [2.45, 2.75) is 112 Å². The molecule has 40 heavy (non-hydrogen) atoms. The zero-order chi connectivity index (χ0) is 27.6. The summed E-state index contributed by atoms with van der Waals surface area (Å²) in [5.41, 5.74) is 6.83. The second kappa shape index (κ2) is 10.0. The van der Waals surface area contributed by atoms with Crippen LogP contribution in [-0.4, -0.2) is 19.7 Å². The molecule has 216 valence electrons. The van der Waals surface area contributed by atoms with Gasteiger partial charge in [-0.2, -0.15) is 5.10 Å². The predicted molar refractivity (Wildman–Crippen MR) is 164 cm³/mol. The first-order chi connectivity index (χ1) is 19.3. The first kappa shape index (κ1) is 26.8. The topological polar surface area (TPSA) is 46.5 Å². The lowest BCUT2D eigenvalue weighted by Gasteiger charge is -2.60. The number of aromatic nitrogens is 4. The van der Waals surface area contributed by atoms with Crippen molar-refractivity contribution < 1.29 is 0 Å². The largest absolute Gasteiger partial charge is 0.358 e. The minimum atomic E-state index is 0.440. The Morgan fingerprint density at radius 3 is 2.65 bits per heavy atom. The van der Waals surface area contributed by atoms with E-state index in [4.69, 9.17) is 0 Å². The average Bonchev–Trinajstić information content (AvgIpc) is 3.64. The smallest absolute Gasteiger partial charge is 0.137 e. The molecule has 0 aliphatic heterocycles. The molecule has 4 aliphatic rings. The highest BCUT2D eigenvalue weighted by molar-refractivity contribution is 5.85. The SMILES string of the molecule is CC(C)CCC[C@@H](C)[C@H]1CC[C@H]2[C@@H]3CC[C@H]4Cc5[nH]c6ccc(Cn7cncn7)cc6c5C[C@]4(C)[C@H]3CC[C@]12C. The van der Waals surface area contributed by atoms with Crippen molar-refractivity contribution >= 4 is 10.9 Å². The summed E-state index contributed by atoms with van der Waals surface area (Å²) in [6.45, 7) is 13.6. The van der Waals surface area contributed by atoms with Gasteiger partial charge in [-0.15, -0.1) is 0 Å². The Balaban J connectivity index is 1.13. The Labute approximate surface area is 242 Å². The van der Waals surface area contributed by atoms with Crippen LogP contribution >= 0.6 is 0 Å². The molecule has 0 spiro atoms. The lowest BCUT2D eigenvalue weighted by Crippen LogP contribution is -2.54. The van der Waals surface area contributed by atoms with Crippen LogP contribution in [0.3, 0.4) is 0 Å². The fourth-order valence-electron chi connectivity index (χ4n) is 11.1. The van der Waals surface area contributed by atoms with E-state index in [1.165, 1.54) is 92.8 Å². The number of benzene rings is 1. The summed E-state index contributed by atoms with van der Waals surface area (Å²) < 4.78 is 1.93. The third kappa shape index (κ3) is 4.29. The molecule has 8 atom stereocenters. The minimum Gasteiger partial charge on any atom is -0.358 e. The molecule has 2 aromatic heterocycles. The van der Waals surface area contributed by atoms with E-state index in [0.717, 1.165) is 48.0 Å². The van der Waals surface area contributed by atoms with Crippen LogP contribution in [0.15, 0.2) is 30.9 Å². The molecule has 0 amide bonds. The normalized spacial score (nSPS) is 35.8. The number of nitrogens with one attached hydrogen (secondary N) is 1. The quantitative estimate of drug-likeness (QED) is 0.325. The number of nitrogens with zero attached hydrogens (tertiary/aromatic N) is 3. The van der Waals surface area contributed by atoms with Crippen LogP contribution in [0.1, 0.15) is 109 Å². The van der Waals surface area contributed by atoms with Crippen molar-refractivity contribution in [1.29, 1.82) is 0 Å². The predicted octanol–water partition coefficient (Wildman–Crippen LogP) is 8.84. The molecule has 7 rings (SSSR count). The van der Waals surface area contributed by atoms with Crippen LogP contribution in [0.4, 0.5) is 0 Å². The maximum Gasteiger partial charge on any atom is 0.137 e. The molecule has 0 unspecified atom stereocenters. The van der Waals surface area contributed by atoms with Crippen LogP contribution in [0.25, 0.3) is 10.9 Å². The Morgan fingerprint density at radius 1 is 1.00 bits per heavy atom. The van der Waals surface area contributed by atoms with Crippen molar-refractivity contribution in [2.24, 2.45) is 52.3 Å². The van der Waals surface area contributed by atoms with Crippen LogP contribution in [0.5, 0.6) is 0 Å². The number of hydrogen-bond donors (Lipinski definition) is 1. The molecule has 1 N–H and O–H groups in total. The van der Waals surface area contributed by atoms with E-state index in [2.05, 4.69) is 67.9 Å². The highest BCUT2D eigenvalue weighted by Gasteiger charge is 2.60. The van der Waals surface area contributed by atoms with Crippen molar-refractivity contribution in [3.05, 3.63) is 47.7 Å². The summed E-state index contributed by atoms with van der Waals surface area (Å²) in [4.78, 5) is 8.01. The van der Waals surface area contributed by atoms with E-state index in [1.807, 2.05) is 11.0 Å². The van der Waals surface area contributed by atoms with E-state index < -0.39 is 0 Å². The summed E-state index contributed by atoms with van der Waals surface area (Å²) in [6, 6.07) is 7.01. The van der Waals surface area contributed by atoms with Gasteiger partial charge in [-0.25, -0.2) is 9.67 Å². The fraction of sp³-hybridized carbons (Fsp3) is 0.722. The van der Waals surface area contributed by atoms with Gasteiger partial charge in [-0.3, -0.25) is 0 Å². The standard InChI is InChI=1S/C36H52N4/c1-23(2)7-6-8-24(3)30-12-13-31-27-11-10-26-18-34-29(19-36(26,5)32(27)15-16-35(30,31)4)28-17-25(9-14-33(28)39-34)20-40-22-37-21-38-40/h9,14,17,21-24,26-27,30-32,39H,6-8,10-13,15-16,18-20H2,1-5H3/t24-,26+,27+,30-,31+,32+,35-,36+/m1/s1. The fourth-order valence-corrected chi connectivity index (χ4v) is 11.1. The lowest BCUT2D eigenvalue weighted by atomic mass is 9.44. The molecule has 4 aliphatic carbocycles. The van der Waals surface area contributed by atoms with E-state index >= 15 is 0 Å². The second-order valence-electron chi connectivity index (χ2n) is 15.6. The average molecular weight is 541 g/mol. The van der Waals surface area contributed by atoms with Gasteiger partial charge in [0, 0.05) is 16.6 Å². The van der Waals surface area contributed by atoms with Gasteiger partial charge in [-0.1, -0.05) is 59.9 Å². The Bertz CT molecular complexity index is 1340. The second-order valence-corrected chi connectivity index (χ2v) is 15.6. The molecule has 3 fully saturated rings. The van der Waals surface area contributed by atoms with Crippen LogP contribution in [-0.2, 0) is 19.4 Å². The zero-order valence-corrected chi connectivity index (χ0v) is 25.8. The molecule has 1 aromatic carbocycles. The van der Waals surface area contributed by atoms with Gasteiger partial charge in [0.2, 0.25) is 0 Å².